The Morgan fingerprint density at radius 3 is 2.74 bits per heavy atom. The van der Waals surface area contributed by atoms with Crippen LogP contribution in [0.1, 0.15) is 10.4 Å². The Kier molecular flexibility index (Phi) is 3.71. The molecule has 0 saturated heterocycles. The maximum Gasteiger partial charge on any atom is 0.342 e. The van der Waals surface area contributed by atoms with E-state index in [2.05, 4.69) is 9.97 Å². The van der Waals surface area contributed by atoms with Crippen LogP contribution in [0.15, 0.2) is 46.7 Å². The van der Waals surface area contributed by atoms with Crippen molar-refractivity contribution < 1.29 is 14.8 Å². The van der Waals surface area contributed by atoms with Gasteiger partial charge >= 0.3 is 5.97 Å². The lowest BCUT2D eigenvalue weighted by Gasteiger charge is -2.02. The molecule has 0 amide bonds. The van der Waals surface area contributed by atoms with Gasteiger partial charge in [-0.3, -0.25) is 10.1 Å². The van der Waals surface area contributed by atoms with E-state index < -0.39 is 16.6 Å². The number of nitro groups is 1. The molecule has 0 fully saturated rings. The molecule has 1 N–H and O–H groups in total. The van der Waals surface area contributed by atoms with E-state index in [-0.39, 0.29) is 5.56 Å². The highest BCUT2D eigenvalue weighted by Gasteiger charge is 2.20. The monoisotopic (exact) mass is 277 g/mol. The second-order valence-electron chi connectivity index (χ2n) is 3.39. The zero-order chi connectivity index (χ0) is 13.8. The molecule has 7 nitrogen and oxygen atoms in total. The second kappa shape index (κ2) is 5.44. The Morgan fingerprint density at radius 1 is 1.37 bits per heavy atom. The zero-order valence-electron chi connectivity index (χ0n) is 9.39. The van der Waals surface area contributed by atoms with E-state index in [0.29, 0.717) is 9.92 Å². The first-order valence-electron chi connectivity index (χ1n) is 5.03. The van der Waals surface area contributed by atoms with E-state index in [9.17, 15) is 14.9 Å². The van der Waals surface area contributed by atoms with E-state index in [4.69, 9.17) is 5.11 Å². The van der Waals surface area contributed by atoms with Gasteiger partial charge in [-0.25, -0.2) is 14.8 Å². The van der Waals surface area contributed by atoms with Crippen LogP contribution in [0.3, 0.4) is 0 Å². The maximum absolute atomic E-state index is 10.9. The Bertz CT molecular complexity index is 633. The molecule has 0 aliphatic heterocycles. The van der Waals surface area contributed by atoms with Gasteiger partial charge in [-0.05, 0) is 18.2 Å². The third kappa shape index (κ3) is 3.05. The van der Waals surface area contributed by atoms with Crippen LogP contribution in [0.4, 0.5) is 5.69 Å². The van der Waals surface area contributed by atoms with Crippen molar-refractivity contribution in [1.82, 2.24) is 9.97 Å². The summed E-state index contributed by atoms with van der Waals surface area (Å²) in [6.07, 6.45) is 2.91. The molecule has 2 rings (SSSR count). The fraction of sp³-hybridized carbons (Fsp3) is 0. The lowest BCUT2D eigenvalue weighted by molar-refractivity contribution is -0.385. The first-order chi connectivity index (χ1) is 9.08. The lowest BCUT2D eigenvalue weighted by Crippen LogP contribution is -2.02. The van der Waals surface area contributed by atoms with Gasteiger partial charge < -0.3 is 5.11 Å². The second-order valence-corrected chi connectivity index (χ2v) is 4.48. The van der Waals surface area contributed by atoms with Crippen LogP contribution in [0.2, 0.25) is 0 Å². The average Bonchev–Trinajstić information content (AvgIpc) is 2.39. The quantitative estimate of drug-likeness (QED) is 0.518. The minimum absolute atomic E-state index is 0.336. The fourth-order valence-electron chi connectivity index (χ4n) is 1.37. The molecule has 0 radical (unpaired) electrons. The number of benzene rings is 1. The number of aromatic nitrogens is 2. The first-order valence-corrected chi connectivity index (χ1v) is 5.85. The summed E-state index contributed by atoms with van der Waals surface area (Å²) >= 11 is 1.19. The van der Waals surface area contributed by atoms with E-state index in [1.807, 2.05) is 0 Å². The van der Waals surface area contributed by atoms with Crippen molar-refractivity contribution in [2.24, 2.45) is 0 Å². The molecule has 0 saturated carbocycles. The van der Waals surface area contributed by atoms with Crippen molar-refractivity contribution in [1.29, 1.82) is 0 Å². The molecule has 0 spiro atoms. The van der Waals surface area contributed by atoms with Gasteiger partial charge in [0.05, 0.1) is 4.92 Å². The number of hydrogen-bond acceptors (Lipinski definition) is 6. The van der Waals surface area contributed by atoms with E-state index >= 15 is 0 Å². The predicted molar refractivity (Wildman–Crippen MR) is 66.2 cm³/mol. The number of rotatable bonds is 4. The molecule has 0 unspecified atom stereocenters. The number of aromatic carboxylic acids is 1. The van der Waals surface area contributed by atoms with Gasteiger partial charge in [-0.1, -0.05) is 11.8 Å². The molecule has 1 heterocycles. The van der Waals surface area contributed by atoms with Crippen molar-refractivity contribution in [3.63, 3.8) is 0 Å². The molecule has 0 aliphatic rings. The summed E-state index contributed by atoms with van der Waals surface area (Å²) in [6, 6.07) is 5.59. The molecule has 0 atom stereocenters. The van der Waals surface area contributed by atoms with E-state index in [1.54, 1.807) is 12.3 Å². The predicted octanol–water partition coefficient (Wildman–Crippen LogP) is 2.23. The van der Waals surface area contributed by atoms with Crippen LogP contribution in [0, 0.1) is 10.1 Å². The average molecular weight is 277 g/mol. The largest absolute Gasteiger partial charge is 0.477 e. The number of hydrogen-bond donors (Lipinski definition) is 1. The maximum atomic E-state index is 10.9. The molecule has 0 bridgehead atoms. The van der Waals surface area contributed by atoms with Crippen LogP contribution in [-0.4, -0.2) is 26.0 Å². The van der Waals surface area contributed by atoms with E-state index in [0.717, 1.165) is 0 Å². The standard InChI is InChI=1S/C11H7N3O4S/c15-11(16)8-2-1-7(5-9(8)14(17)18)19-10-3-4-12-6-13-10/h1-6H,(H,15,16). The van der Waals surface area contributed by atoms with Gasteiger partial charge in [0.1, 0.15) is 16.9 Å². The van der Waals surface area contributed by atoms with Crippen molar-refractivity contribution in [3.8, 4) is 0 Å². The summed E-state index contributed by atoms with van der Waals surface area (Å²) in [7, 11) is 0. The van der Waals surface area contributed by atoms with Crippen LogP contribution >= 0.6 is 11.8 Å². The Labute approximate surface area is 111 Å². The zero-order valence-corrected chi connectivity index (χ0v) is 10.2. The van der Waals surface area contributed by atoms with Crippen molar-refractivity contribution in [2.75, 3.05) is 0 Å². The molecule has 2 aromatic rings. The fourth-order valence-corrected chi connectivity index (χ4v) is 2.14. The smallest absolute Gasteiger partial charge is 0.342 e. The van der Waals surface area contributed by atoms with Crippen molar-refractivity contribution in [3.05, 3.63) is 52.5 Å². The minimum atomic E-state index is -1.33. The third-order valence-electron chi connectivity index (χ3n) is 2.17. The van der Waals surface area contributed by atoms with Gasteiger partial charge in [-0.2, -0.15) is 0 Å². The Morgan fingerprint density at radius 2 is 2.16 bits per heavy atom. The highest BCUT2D eigenvalue weighted by molar-refractivity contribution is 7.99. The highest BCUT2D eigenvalue weighted by atomic mass is 32.2. The number of carboxylic acid groups (broad SMARTS) is 1. The summed E-state index contributed by atoms with van der Waals surface area (Å²) in [5, 5.41) is 20.3. The molecule has 96 valence electrons. The number of carbonyl (C=O) groups is 1. The molecule has 19 heavy (non-hydrogen) atoms. The Hall–Kier alpha value is -2.48. The SMILES string of the molecule is O=C(O)c1ccc(Sc2ccncn2)cc1[N+](=O)[O-]. The van der Waals surface area contributed by atoms with Crippen LogP contribution < -0.4 is 0 Å². The first kappa shape index (κ1) is 13.0. The lowest BCUT2D eigenvalue weighted by atomic mass is 10.2. The molecular weight excluding hydrogens is 270 g/mol. The number of nitro benzene ring substituents is 1. The molecule has 8 heteroatoms. The number of carboxylic acids is 1. The van der Waals surface area contributed by atoms with E-state index in [1.165, 1.54) is 36.3 Å². The van der Waals surface area contributed by atoms with Gasteiger partial charge in [0.15, 0.2) is 0 Å². The summed E-state index contributed by atoms with van der Waals surface area (Å²) in [5.74, 6) is -1.33. The van der Waals surface area contributed by atoms with Gasteiger partial charge in [0.25, 0.3) is 5.69 Å². The third-order valence-corrected chi connectivity index (χ3v) is 3.11. The number of nitrogens with zero attached hydrogens (tertiary/aromatic N) is 3. The van der Waals surface area contributed by atoms with Crippen molar-refractivity contribution >= 4 is 23.4 Å². The molecule has 1 aromatic carbocycles. The van der Waals surface area contributed by atoms with Crippen LogP contribution in [-0.2, 0) is 0 Å². The molecule has 0 aliphatic carbocycles. The summed E-state index contributed by atoms with van der Waals surface area (Å²) in [4.78, 5) is 29.3. The van der Waals surface area contributed by atoms with Gasteiger partial charge in [0.2, 0.25) is 0 Å². The van der Waals surface area contributed by atoms with Gasteiger partial charge in [-0.15, -0.1) is 0 Å². The summed E-state index contributed by atoms with van der Waals surface area (Å²) in [6.45, 7) is 0. The Balaban J connectivity index is 2.36. The van der Waals surface area contributed by atoms with Crippen LogP contribution in [0.5, 0.6) is 0 Å². The summed E-state index contributed by atoms with van der Waals surface area (Å²) in [5.41, 5.74) is -0.774. The molecular formula is C11H7N3O4S. The minimum Gasteiger partial charge on any atom is -0.477 e. The normalized spacial score (nSPS) is 10.1. The van der Waals surface area contributed by atoms with Crippen molar-refractivity contribution in [2.45, 2.75) is 9.92 Å². The topological polar surface area (TPSA) is 106 Å². The highest BCUT2D eigenvalue weighted by Crippen LogP contribution is 2.30. The summed E-state index contributed by atoms with van der Waals surface area (Å²) < 4.78 is 0. The molecule has 1 aromatic heterocycles. The van der Waals surface area contributed by atoms with Crippen LogP contribution in [0.25, 0.3) is 0 Å². The van der Waals surface area contributed by atoms with Gasteiger partial charge in [0, 0.05) is 17.2 Å².